The molecule has 4 unspecified atom stereocenters. The van der Waals surface area contributed by atoms with Gasteiger partial charge in [0.15, 0.2) is 0 Å². The molecule has 1 saturated heterocycles. The minimum absolute atomic E-state index is 0.0311. The molecular weight excluding hydrogens is 319 g/mol. The Morgan fingerprint density at radius 2 is 2.00 bits per heavy atom. The number of fused-ring (bicyclic) bond motifs is 1. The van der Waals surface area contributed by atoms with E-state index in [1.54, 1.807) is 11.8 Å². The zero-order chi connectivity index (χ0) is 12.9. The Hall–Kier alpha value is -0.501. The fourth-order valence-corrected chi connectivity index (χ4v) is 9.22. The third kappa shape index (κ3) is 1.72. The van der Waals surface area contributed by atoms with Gasteiger partial charge in [0.2, 0.25) is 0 Å². The number of hydrogen-bond donors (Lipinski definition) is 0. The third-order valence-electron chi connectivity index (χ3n) is 4.76. The van der Waals surface area contributed by atoms with E-state index in [1.165, 1.54) is 17.3 Å². The summed E-state index contributed by atoms with van der Waals surface area (Å²) in [5.41, 5.74) is 0. The van der Waals surface area contributed by atoms with Crippen molar-refractivity contribution >= 4 is 36.3 Å². The number of carbonyl (C=O) groups excluding carboxylic acids is 1. The molecule has 0 aromatic heterocycles. The molecule has 4 aliphatic rings. The van der Waals surface area contributed by atoms with Crippen LogP contribution in [0.5, 0.6) is 0 Å². The van der Waals surface area contributed by atoms with Crippen LogP contribution in [0, 0.1) is 17.8 Å². The fraction of sp³-hybridized carbons (Fsp3) is 0.438. The second-order valence-electron chi connectivity index (χ2n) is 5.65. The van der Waals surface area contributed by atoms with Crippen LogP contribution in [0.15, 0.2) is 42.5 Å². The second-order valence-corrected chi connectivity index (χ2v) is 9.47. The molecule has 98 valence electrons. The molecule has 0 radical (unpaired) electrons. The zero-order valence-corrected chi connectivity index (χ0v) is 13.1. The molecule has 19 heavy (non-hydrogen) atoms. The first-order chi connectivity index (χ1) is 9.30. The SMILES string of the molecule is O=C1SCC2C3C=CC(CC3)C12[Se]c1ccccc1. The van der Waals surface area contributed by atoms with Crippen LogP contribution < -0.4 is 4.46 Å². The molecule has 0 N–H and O–H groups in total. The van der Waals surface area contributed by atoms with E-state index in [0.717, 1.165) is 5.75 Å². The van der Waals surface area contributed by atoms with Crippen LogP contribution in [-0.2, 0) is 4.79 Å². The van der Waals surface area contributed by atoms with Gasteiger partial charge in [0.1, 0.15) is 0 Å². The van der Waals surface area contributed by atoms with Crippen molar-refractivity contribution in [1.82, 2.24) is 0 Å². The molecule has 1 aliphatic heterocycles. The molecular formula is C16H16OSSe. The van der Waals surface area contributed by atoms with E-state index in [-0.39, 0.29) is 19.3 Å². The Bertz CT molecular complexity index is 541. The molecule has 0 amide bonds. The summed E-state index contributed by atoms with van der Waals surface area (Å²) < 4.78 is 1.35. The first-order valence-electron chi connectivity index (χ1n) is 6.90. The Balaban J connectivity index is 1.77. The maximum atomic E-state index is 12.7. The molecule has 3 heteroatoms. The zero-order valence-electron chi connectivity index (χ0n) is 10.6. The quantitative estimate of drug-likeness (QED) is 0.611. The maximum absolute atomic E-state index is 12.7. The van der Waals surface area contributed by atoms with E-state index in [4.69, 9.17) is 0 Å². The van der Waals surface area contributed by atoms with Crippen molar-refractivity contribution in [3.05, 3.63) is 42.5 Å². The van der Waals surface area contributed by atoms with Crippen LogP contribution in [0.25, 0.3) is 0 Å². The van der Waals surface area contributed by atoms with Crippen molar-refractivity contribution in [2.45, 2.75) is 17.2 Å². The molecule has 1 aromatic carbocycles. The van der Waals surface area contributed by atoms with Gasteiger partial charge in [-0.2, -0.15) is 0 Å². The molecule has 4 atom stereocenters. The van der Waals surface area contributed by atoms with Gasteiger partial charge in [-0.15, -0.1) is 0 Å². The molecule has 3 aliphatic carbocycles. The Labute approximate surface area is 124 Å². The molecule has 5 rings (SSSR count). The van der Waals surface area contributed by atoms with E-state index < -0.39 is 0 Å². The summed E-state index contributed by atoms with van der Waals surface area (Å²) in [5, 5.41) is 0.486. The summed E-state index contributed by atoms with van der Waals surface area (Å²) in [6, 6.07) is 10.7. The van der Waals surface area contributed by atoms with E-state index in [0.29, 0.717) is 22.9 Å². The van der Waals surface area contributed by atoms with Crippen molar-refractivity contribution in [1.29, 1.82) is 0 Å². The topological polar surface area (TPSA) is 17.1 Å². The average molecular weight is 335 g/mol. The molecule has 1 saturated carbocycles. The van der Waals surface area contributed by atoms with Crippen LogP contribution in [0.4, 0.5) is 0 Å². The summed E-state index contributed by atoms with van der Waals surface area (Å²) in [6.45, 7) is 0. The summed E-state index contributed by atoms with van der Waals surface area (Å²) in [7, 11) is 0. The first-order valence-corrected chi connectivity index (χ1v) is 9.60. The van der Waals surface area contributed by atoms with Crippen LogP contribution >= 0.6 is 11.8 Å². The predicted molar refractivity (Wildman–Crippen MR) is 80.8 cm³/mol. The minimum atomic E-state index is -0.0311. The van der Waals surface area contributed by atoms with Crippen molar-refractivity contribution in [3.63, 3.8) is 0 Å². The van der Waals surface area contributed by atoms with Gasteiger partial charge < -0.3 is 0 Å². The van der Waals surface area contributed by atoms with Gasteiger partial charge in [-0.25, -0.2) is 0 Å². The molecule has 1 nitrogen and oxygen atoms in total. The van der Waals surface area contributed by atoms with Gasteiger partial charge in [-0.3, -0.25) is 0 Å². The molecule has 1 heterocycles. The van der Waals surface area contributed by atoms with E-state index >= 15 is 0 Å². The van der Waals surface area contributed by atoms with Gasteiger partial charge in [0.05, 0.1) is 0 Å². The normalized spacial score (nSPS) is 39.6. The fourth-order valence-electron chi connectivity index (χ4n) is 3.83. The second kappa shape index (κ2) is 4.51. The standard InChI is InChI=1S/C16H16OSSe/c17-15-16(19-13-4-2-1-3-5-13)12-8-6-11(7-9-12)14(16)10-18-15/h1-6,8,11-12,14H,7,9-10H2. The van der Waals surface area contributed by atoms with Crippen LogP contribution in [-0.4, -0.2) is 25.8 Å². The number of hydrogen-bond acceptors (Lipinski definition) is 2. The molecule has 0 spiro atoms. The van der Waals surface area contributed by atoms with Gasteiger partial charge >= 0.3 is 124 Å². The molecule has 2 fully saturated rings. The monoisotopic (exact) mass is 336 g/mol. The first kappa shape index (κ1) is 12.3. The average Bonchev–Trinajstić information content (AvgIpc) is 2.81. The summed E-state index contributed by atoms with van der Waals surface area (Å²) in [5.74, 6) is 2.83. The predicted octanol–water partition coefficient (Wildman–Crippen LogP) is 2.66. The Kier molecular flexibility index (Phi) is 2.91. The van der Waals surface area contributed by atoms with E-state index in [2.05, 4.69) is 42.5 Å². The number of benzene rings is 1. The van der Waals surface area contributed by atoms with Crippen molar-refractivity contribution in [3.8, 4) is 0 Å². The van der Waals surface area contributed by atoms with Gasteiger partial charge in [0.25, 0.3) is 0 Å². The Morgan fingerprint density at radius 3 is 2.74 bits per heavy atom. The molecule has 1 aromatic rings. The van der Waals surface area contributed by atoms with Crippen LogP contribution in [0.2, 0.25) is 4.31 Å². The number of allylic oxidation sites excluding steroid dienone is 2. The van der Waals surface area contributed by atoms with E-state index in [9.17, 15) is 4.79 Å². The summed E-state index contributed by atoms with van der Waals surface area (Å²) in [4.78, 5) is 12.7. The van der Waals surface area contributed by atoms with Gasteiger partial charge in [0, 0.05) is 0 Å². The van der Waals surface area contributed by atoms with Gasteiger partial charge in [-0.05, 0) is 0 Å². The van der Waals surface area contributed by atoms with Crippen LogP contribution in [0.1, 0.15) is 12.8 Å². The van der Waals surface area contributed by atoms with Crippen LogP contribution in [0.3, 0.4) is 0 Å². The Morgan fingerprint density at radius 1 is 1.16 bits per heavy atom. The summed E-state index contributed by atoms with van der Waals surface area (Å²) in [6.07, 6.45) is 7.28. The summed E-state index contributed by atoms with van der Waals surface area (Å²) >= 11 is 1.88. The van der Waals surface area contributed by atoms with E-state index in [1.807, 2.05) is 0 Å². The van der Waals surface area contributed by atoms with Gasteiger partial charge in [-0.1, -0.05) is 0 Å². The van der Waals surface area contributed by atoms with Crippen molar-refractivity contribution in [2.24, 2.45) is 17.8 Å². The number of carbonyl (C=O) groups is 1. The third-order valence-corrected chi connectivity index (χ3v) is 9.61. The number of thioether (sulfide) groups is 1. The van der Waals surface area contributed by atoms with Crippen molar-refractivity contribution in [2.75, 3.05) is 5.75 Å². The van der Waals surface area contributed by atoms with Crippen molar-refractivity contribution < 1.29 is 4.79 Å². The number of rotatable bonds is 2. The molecule has 2 bridgehead atoms.